The van der Waals surface area contributed by atoms with Gasteiger partial charge in [0.15, 0.2) is 0 Å². The fraction of sp³-hybridized carbons (Fsp3) is 0.533. The first kappa shape index (κ1) is 19.0. The molecule has 0 atom stereocenters. The zero-order valence-electron chi connectivity index (χ0n) is 14.3. The quantitative estimate of drug-likeness (QED) is 0.474. The minimum atomic E-state index is -4.54. The Balaban J connectivity index is 2.27. The van der Waals surface area contributed by atoms with Crippen LogP contribution in [0.15, 0.2) is 23.0 Å². The van der Waals surface area contributed by atoms with Crippen molar-refractivity contribution in [2.24, 2.45) is 16.5 Å². The van der Waals surface area contributed by atoms with Crippen LogP contribution in [0.3, 0.4) is 0 Å². The molecule has 6 N–H and O–H groups in total. The second kappa shape index (κ2) is 6.87. The standard InChI is InChI=1S/C15H22F3N7/c1-14(2,20)10(19)6-11(21-3)24-13-22-7-9(15(16,17)18)12(25-13)23-8-4-5-8/h6-8H,4-5,19-20H2,1-3H3,(H2,21,22,23,24,25). The Morgan fingerprint density at radius 3 is 2.48 bits per heavy atom. The zero-order valence-corrected chi connectivity index (χ0v) is 14.3. The first-order valence-corrected chi connectivity index (χ1v) is 7.72. The van der Waals surface area contributed by atoms with E-state index < -0.39 is 17.3 Å². The van der Waals surface area contributed by atoms with Crippen molar-refractivity contribution in [1.82, 2.24) is 9.97 Å². The first-order chi connectivity index (χ1) is 11.5. The van der Waals surface area contributed by atoms with Gasteiger partial charge in [-0.3, -0.25) is 4.99 Å². The molecule has 7 nitrogen and oxygen atoms in total. The van der Waals surface area contributed by atoms with Gasteiger partial charge < -0.3 is 22.1 Å². The summed E-state index contributed by atoms with van der Waals surface area (Å²) in [6.45, 7) is 3.44. The lowest BCUT2D eigenvalue weighted by molar-refractivity contribution is -0.137. The number of nitrogens with one attached hydrogen (secondary N) is 2. The second-order valence-electron chi connectivity index (χ2n) is 6.43. The number of aromatic nitrogens is 2. The Morgan fingerprint density at radius 1 is 1.36 bits per heavy atom. The van der Waals surface area contributed by atoms with Gasteiger partial charge in [0.25, 0.3) is 0 Å². The molecular weight excluding hydrogens is 335 g/mol. The van der Waals surface area contributed by atoms with E-state index in [0.717, 1.165) is 19.0 Å². The number of rotatable bonds is 5. The summed E-state index contributed by atoms with van der Waals surface area (Å²) in [4.78, 5) is 11.6. The maximum Gasteiger partial charge on any atom is 0.421 e. The fourth-order valence-corrected chi connectivity index (χ4v) is 1.78. The molecule has 0 saturated heterocycles. The van der Waals surface area contributed by atoms with Gasteiger partial charge in [-0.15, -0.1) is 0 Å². The van der Waals surface area contributed by atoms with E-state index in [1.165, 1.54) is 13.1 Å². The summed E-state index contributed by atoms with van der Waals surface area (Å²) in [5.74, 6) is 0.0165. The molecule has 0 amide bonds. The number of alkyl halides is 3. The molecule has 2 rings (SSSR count). The highest BCUT2D eigenvalue weighted by Gasteiger charge is 2.36. The normalized spacial score (nSPS) is 16.8. The third-order valence-corrected chi connectivity index (χ3v) is 3.53. The molecule has 0 unspecified atom stereocenters. The van der Waals surface area contributed by atoms with Crippen molar-refractivity contribution in [2.75, 3.05) is 17.7 Å². The fourth-order valence-electron chi connectivity index (χ4n) is 1.78. The molecule has 138 valence electrons. The summed E-state index contributed by atoms with van der Waals surface area (Å²) < 4.78 is 39.2. The second-order valence-corrected chi connectivity index (χ2v) is 6.43. The molecule has 1 saturated carbocycles. The van der Waals surface area contributed by atoms with Crippen LogP contribution in [-0.4, -0.2) is 34.4 Å². The summed E-state index contributed by atoms with van der Waals surface area (Å²) in [6, 6.07) is 0.0109. The topological polar surface area (TPSA) is 114 Å². The number of hydrogen-bond acceptors (Lipinski definition) is 6. The molecule has 1 aliphatic rings. The van der Waals surface area contributed by atoms with Crippen LogP contribution in [0.1, 0.15) is 32.3 Å². The number of halogens is 3. The summed E-state index contributed by atoms with van der Waals surface area (Å²) in [5.41, 5.74) is 10.4. The van der Waals surface area contributed by atoms with E-state index in [0.29, 0.717) is 5.70 Å². The van der Waals surface area contributed by atoms with Crippen molar-refractivity contribution >= 4 is 17.6 Å². The molecule has 1 fully saturated rings. The highest BCUT2D eigenvalue weighted by Crippen LogP contribution is 2.36. The van der Waals surface area contributed by atoms with Crippen molar-refractivity contribution in [1.29, 1.82) is 0 Å². The highest BCUT2D eigenvalue weighted by molar-refractivity contribution is 6.03. The van der Waals surface area contributed by atoms with E-state index in [-0.39, 0.29) is 23.6 Å². The molecular formula is C15H22F3N7. The van der Waals surface area contributed by atoms with E-state index >= 15 is 0 Å². The summed E-state index contributed by atoms with van der Waals surface area (Å²) >= 11 is 0. The van der Waals surface area contributed by atoms with E-state index in [1.54, 1.807) is 13.8 Å². The summed E-state index contributed by atoms with van der Waals surface area (Å²) in [5, 5.41) is 5.53. The van der Waals surface area contributed by atoms with Crippen molar-refractivity contribution < 1.29 is 13.2 Å². The summed E-state index contributed by atoms with van der Waals surface area (Å²) in [7, 11) is 1.50. The van der Waals surface area contributed by atoms with Crippen molar-refractivity contribution in [3.63, 3.8) is 0 Å². The van der Waals surface area contributed by atoms with E-state index in [1.807, 2.05) is 0 Å². The SMILES string of the molecule is CN=C(C=C(N)C(C)(C)N)Nc1ncc(C(F)(F)F)c(NC2CC2)n1. The number of nitrogens with zero attached hydrogens (tertiary/aromatic N) is 3. The van der Waals surface area contributed by atoms with Crippen LogP contribution in [0.4, 0.5) is 24.9 Å². The molecule has 1 heterocycles. The number of hydrogen-bond donors (Lipinski definition) is 4. The first-order valence-electron chi connectivity index (χ1n) is 7.72. The van der Waals surface area contributed by atoms with Gasteiger partial charge in [-0.05, 0) is 26.7 Å². The average Bonchev–Trinajstić information content (AvgIpc) is 3.28. The molecule has 1 aromatic heterocycles. The number of nitrogens with two attached hydrogens (primary N) is 2. The highest BCUT2D eigenvalue weighted by atomic mass is 19.4. The Kier molecular flexibility index (Phi) is 5.21. The van der Waals surface area contributed by atoms with Crippen LogP contribution < -0.4 is 22.1 Å². The van der Waals surface area contributed by atoms with Gasteiger partial charge in [0.1, 0.15) is 17.2 Å². The van der Waals surface area contributed by atoms with Gasteiger partial charge in [-0.2, -0.15) is 18.2 Å². The molecule has 0 aromatic carbocycles. The number of anilines is 2. The number of amidine groups is 1. The van der Waals surface area contributed by atoms with Gasteiger partial charge in [0.05, 0.1) is 0 Å². The van der Waals surface area contributed by atoms with Crippen LogP contribution in [0, 0.1) is 0 Å². The number of aliphatic imine (C=N–C) groups is 1. The maximum atomic E-state index is 13.1. The van der Waals surface area contributed by atoms with Crippen molar-refractivity contribution in [3.05, 3.63) is 23.5 Å². The summed E-state index contributed by atoms with van der Waals surface area (Å²) in [6.07, 6.45) is -0.666. The lowest BCUT2D eigenvalue weighted by atomic mass is 10.0. The van der Waals surface area contributed by atoms with Crippen LogP contribution in [-0.2, 0) is 6.18 Å². The predicted molar refractivity (Wildman–Crippen MR) is 91.2 cm³/mol. The monoisotopic (exact) mass is 357 g/mol. The molecule has 0 bridgehead atoms. The third-order valence-electron chi connectivity index (χ3n) is 3.53. The van der Waals surface area contributed by atoms with Crippen molar-refractivity contribution in [3.8, 4) is 0 Å². The Labute approximate surface area is 143 Å². The van der Waals surface area contributed by atoms with Gasteiger partial charge in [-0.25, -0.2) is 4.98 Å². The minimum absolute atomic E-state index is 0.0109. The smallest absolute Gasteiger partial charge is 0.400 e. The van der Waals surface area contributed by atoms with Crippen LogP contribution >= 0.6 is 0 Å². The molecule has 0 aliphatic heterocycles. The Morgan fingerprint density at radius 2 is 2.00 bits per heavy atom. The molecule has 1 aromatic rings. The van der Waals surface area contributed by atoms with Crippen LogP contribution in [0.25, 0.3) is 0 Å². The van der Waals surface area contributed by atoms with Gasteiger partial charge in [-0.1, -0.05) is 0 Å². The van der Waals surface area contributed by atoms with Gasteiger partial charge in [0, 0.05) is 36.6 Å². The van der Waals surface area contributed by atoms with E-state index in [9.17, 15) is 13.2 Å². The lowest BCUT2D eigenvalue weighted by Gasteiger charge is -2.19. The maximum absolute atomic E-state index is 13.1. The zero-order chi connectivity index (χ0) is 18.8. The van der Waals surface area contributed by atoms with Crippen LogP contribution in [0.2, 0.25) is 0 Å². The van der Waals surface area contributed by atoms with E-state index in [2.05, 4.69) is 25.6 Å². The van der Waals surface area contributed by atoms with Crippen molar-refractivity contribution in [2.45, 2.75) is 44.4 Å². The Hall–Kier alpha value is -2.36. The van der Waals surface area contributed by atoms with Gasteiger partial charge >= 0.3 is 6.18 Å². The molecule has 10 heteroatoms. The molecule has 0 radical (unpaired) electrons. The van der Waals surface area contributed by atoms with Crippen LogP contribution in [0.5, 0.6) is 0 Å². The minimum Gasteiger partial charge on any atom is -0.400 e. The van der Waals surface area contributed by atoms with E-state index in [4.69, 9.17) is 11.5 Å². The average molecular weight is 357 g/mol. The lowest BCUT2D eigenvalue weighted by Crippen LogP contribution is -2.39. The largest absolute Gasteiger partial charge is 0.421 e. The Bertz CT molecular complexity index is 685. The molecule has 1 aliphatic carbocycles. The van der Waals surface area contributed by atoms with Gasteiger partial charge in [0.2, 0.25) is 5.95 Å². The molecule has 0 spiro atoms. The molecule has 25 heavy (non-hydrogen) atoms. The predicted octanol–water partition coefficient (Wildman–Crippen LogP) is 2.09. The third kappa shape index (κ3) is 5.31.